The minimum Gasteiger partial charge on any atom is -0.388 e. The lowest BCUT2D eigenvalue weighted by Gasteiger charge is -2.38. The molecule has 0 aliphatic carbocycles. The lowest BCUT2D eigenvalue weighted by atomic mass is 9.91. The molecule has 0 radical (unpaired) electrons. The van der Waals surface area contributed by atoms with Crippen LogP contribution in [-0.2, 0) is 13.1 Å². The Labute approximate surface area is 141 Å². The van der Waals surface area contributed by atoms with Gasteiger partial charge in [0.25, 0.3) is 5.91 Å². The summed E-state index contributed by atoms with van der Waals surface area (Å²) in [6.07, 6.45) is 9.23. The Morgan fingerprint density at radius 2 is 2.12 bits per heavy atom. The number of piperidine rings is 1. The Morgan fingerprint density at radius 3 is 2.75 bits per heavy atom. The number of carbonyl (C=O) groups is 1. The van der Waals surface area contributed by atoms with E-state index in [4.69, 9.17) is 0 Å². The smallest absolute Gasteiger partial charge is 0.257 e. The summed E-state index contributed by atoms with van der Waals surface area (Å²) in [7, 11) is 0. The van der Waals surface area contributed by atoms with E-state index < -0.39 is 5.60 Å². The van der Waals surface area contributed by atoms with Gasteiger partial charge >= 0.3 is 0 Å². The molecule has 1 fully saturated rings. The van der Waals surface area contributed by atoms with Crippen molar-refractivity contribution in [3.8, 4) is 0 Å². The second-order valence-electron chi connectivity index (χ2n) is 6.64. The summed E-state index contributed by atoms with van der Waals surface area (Å²) in [5.41, 5.74) is 0.662. The van der Waals surface area contributed by atoms with Gasteiger partial charge in [0.1, 0.15) is 0 Å². The molecule has 0 atom stereocenters. The number of hydrogen-bond donors (Lipinski definition) is 1. The van der Waals surface area contributed by atoms with Crippen LogP contribution in [0.15, 0.2) is 24.9 Å². The molecule has 0 bridgehead atoms. The van der Waals surface area contributed by atoms with E-state index in [1.54, 1.807) is 12.5 Å². The van der Waals surface area contributed by atoms with Crippen LogP contribution in [0.2, 0.25) is 0 Å². The lowest BCUT2D eigenvalue weighted by Crippen LogP contribution is -2.48. The number of likely N-dealkylation sites (tertiary alicyclic amines) is 1. The zero-order valence-electron chi connectivity index (χ0n) is 14.4. The van der Waals surface area contributed by atoms with E-state index >= 15 is 0 Å². The van der Waals surface area contributed by atoms with Gasteiger partial charge in [0, 0.05) is 38.2 Å². The normalized spacial score (nSPS) is 17.2. The van der Waals surface area contributed by atoms with Gasteiger partial charge in [-0.3, -0.25) is 9.48 Å². The molecule has 1 amide bonds. The highest BCUT2D eigenvalue weighted by Gasteiger charge is 2.35. The number of nitrogens with zero attached hydrogens (tertiary/aromatic N) is 5. The fourth-order valence-electron chi connectivity index (χ4n) is 3.25. The molecule has 3 heterocycles. The van der Waals surface area contributed by atoms with Crippen molar-refractivity contribution in [2.45, 2.75) is 51.8 Å². The highest BCUT2D eigenvalue weighted by Crippen LogP contribution is 2.25. The van der Waals surface area contributed by atoms with Gasteiger partial charge in [0.05, 0.1) is 29.7 Å². The Balaban J connectivity index is 1.62. The quantitative estimate of drug-likeness (QED) is 0.900. The molecule has 1 aliphatic rings. The van der Waals surface area contributed by atoms with Gasteiger partial charge in [0.15, 0.2) is 0 Å². The fraction of sp³-hybridized carbons (Fsp3) is 0.588. The van der Waals surface area contributed by atoms with Crippen molar-refractivity contribution in [3.05, 3.63) is 36.2 Å². The fourth-order valence-corrected chi connectivity index (χ4v) is 3.25. The van der Waals surface area contributed by atoms with E-state index in [0.29, 0.717) is 38.0 Å². The third kappa shape index (κ3) is 3.51. The Kier molecular flexibility index (Phi) is 4.71. The van der Waals surface area contributed by atoms with Crippen LogP contribution in [0.5, 0.6) is 0 Å². The predicted octanol–water partition coefficient (Wildman–Crippen LogP) is 1.47. The van der Waals surface area contributed by atoms with Gasteiger partial charge in [-0.1, -0.05) is 6.92 Å². The zero-order valence-corrected chi connectivity index (χ0v) is 14.4. The van der Waals surface area contributed by atoms with E-state index in [9.17, 15) is 9.90 Å². The first kappa shape index (κ1) is 16.7. The third-order valence-corrected chi connectivity index (χ3v) is 4.65. The maximum atomic E-state index is 12.7. The van der Waals surface area contributed by atoms with Crippen LogP contribution in [0.25, 0.3) is 0 Å². The summed E-state index contributed by atoms with van der Waals surface area (Å²) < 4.78 is 3.72. The monoisotopic (exact) mass is 331 g/mol. The second-order valence-corrected chi connectivity index (χ2v) is 6.64. The Hall–Kier alpha value is -2.15. The first-order valence-corrected chi connectivity index (χ1v) is 8.52. The summed E-state index contributed by atoms with van der Waals surface area (Å²) >= 11 is 0. The van der Waals surface area contributed by atoms with E-state index in [1.807, 2.05) is 33.5 Å². The molecular weight excluding hydrogens is 306 g/mol. The molecule has 0 aromatic carbocycles. The predicted molar refractivity (Wildman–Crippen MR) is 89.6 cm³/mol. The van der Waals surface area contributed by atoms with Gasteiger partial charge in [0.2, 0.25) is 0 Å². The minimum absolute atomic E-state index is 0.0135. The number of imidazole rings is 1. The molecule has 7 heteroatoms. The molecule has 1 aliphatic heterocycles. The van der Waals surface area contributed by atoms with Crippen LogP contribution in [0.3, 0.4) is 0 Å². The van der Waals surface area contributed by atoms with Crippen molar-refractivity contribution < 1.29 is 9.90 Å². The summed E-state index contributed by atoms with van der Waals surface area (Å²) in [4.78, 5) is 18.6. The first-order chi connectivity index (χ1) is 11.5. The average molecular weight is 331 g/mol. The molecule has 2 aromatic heterocycles. The van der Waals surface area contributed by atoms with Gasteiger partial charge in [-0.25, -0.2) is 4.98 Å². The van der Waals surface area contributed by atoms with Crippen LogP contribution < -0.4 is 0 Å². The van der Waals surface area contributed by atoms with Gasteiger partial charge in [-0.05, 0) is 26.2 Å². The molecule has 1 saturated heterocycles. The van der Waals surface area contributed by atoms with Crippen LogP contribution >= 0.6 is 0 Å². The molecule has 3 rings (SSSR count). The number of amides is 1. The van der Waals surface area contributed by atoms with E-state index in [0.717, 1.165) is 18.7 Å². The van der Waals surface area contributed by atoms with E-state index in [1.165, 1.54) is 0 Å². The Bertz CT molecular complexity index is 684. The largest absolute Gasteiger partial charge is 0.388 e. The van der Waals surface area contributed by atoms with Gasteiger partial charge < -0.3 is 14.6 Å². The molecule has 0 saturated carbocycles. The zero-order chi connectivity index (χ0) is 17.2. The molecule has 1 N–H and O–H groups in total. The third-order valence-electron chi connectivity index (χ3n) is 4.65. The molecular formula is C17H25N5O2. The summed E-state index contributed by atoms with van der Waals surface area (Å²) in [6.45, 7) is 6.41. The SMILES string of the molecule is CCCn1cc(C(=O)N2CCC(O)(Cn3ccnc3)CC2)c(C)n1. The maximum absolute atomic E-state index is 12.7. The van der Waals surface area contributed by atoms with Gasteiger partial charge in [-0.2, -0.15) is 5.10 Å². The molecule has 0 unspecified atom stereocenters. The van der Waals surface area contributed by atoms with Crippen LogP contribution in [0, 0.1) is 6.92 Å². The average Bonchev–Trinajstić information content (AvgIpc) is 3.17. The molecule has 0 spiro atoms. The molecule has 130 valence electrons. The standard InChI is InChI=1S/C17H25N5O2/c1-3-7-22-11-15(14(2)19-22)16(23)21-8-4-17(24,5-9-21)12-20-10-6-18-13-20/h6,10-11,13,24H,3-5,7-9,12H2,1-2H3. The number of aromatic nitrogens is 4. The summed E-state index contributed by atoms with van der Waals surface area (Å²) in [5.74, 6) is 0.0135. The summed E-state index contributed by atoms with van der Waals surface area (Å²) in [5, 5.41) is 15.1. The number of carbonyl (C=O) groups excluding carboxylic acids is 1. The van der Waals surface area contributed by atoms with Crippen molar-refractivity contribution in [1.82, 2.24) is 24.2 Å². The van der Waals surface area contributed by atoms with E-state index in [-0.39, 0.29) is 5.91 Å². The highest BCUT2D eigenvalue weighted by molar-refractivity contribution is 5.95. The minimum atomic E-state index is -0.779. The highest BCUT2D eigenvalue weighted by atomic mass is 16.3. The first-order valence-electron chi connectivity index (χ1n) is 8.52. The van der Waals surface area contributed by atoms with Crippen LogP contribution in [0.4, 0.5) is 0 Å². The maximum Gasteiger partial charge on any atom is 0.257 e. The topological polar surface area (TPSA) is 76.2 Å². The van der Waals surface area contributed by atoms with Crippen molar-refractivity contribution in [2.24, 2.45) is 0 Å². The number of hydrogen-bond acceptors (Lipinski definition) is 4. The number of aryl methyl sites for hydroxylation is 2. The lowest BCUT2D eigenvalue weighted by molar-refractivity contribution is -0.0292. The van der Waals surface area contributed by atoms with Crippen molar-refractivity contribution in [2.75, 3.05) is 13.1 Å². The number of rotatable bonds is 5. The van der Waals surface area contributed by atoms with Gasteiger partial charge in [-0.15, -0.1) is 0 Å². The summed E-state index contributed by atoms with van der Waals surface area (Å²) in [6, 6.07) is 0. The van der Waals surface area contributed by atoms with Crippen molar-refractivity contribution in [3.63, 3.8) is 0 Å². The van der Waals surface area contributed by atoms with E-state index in [2.05, 4.69) is 17.0 Å². The second kappa shape index (κ2) is 6.76. The molecule has 2 aromatic rings. The van der Waals surface area contributed by atoms with Crippen molar-refractivity contribution in [1.29, 1.82) is 0 Å². The van der Waals surface area contributed by atoms with Crippen LogP contribution in [0.1, 0.15) is 42.2 Å². The molecule has 24 heavy (non-hydrogen) atoms. The van der Waals surface area contributed by atoms with Crippen LogP contribution in [-0.4, -0.2) is 53.9 Å². The number of aliphatic hydroxyl groups is 1. The molecule has 7 nitrogen and oxygen atoms in total. The Morgan fingerprint density at radius 1 is 1.38 bits per heavy atom. The van der Waals surface area contributed by atoms with Crippen molar-refractivity contribution >= 4 is 5.91 Å².